The molecule has 4 bridgehead atoms. The molecule has 364 valence electrons. The maximum atomic E-state index is 14.3. The van der Waals surface area contributed by atoms with Crippen LogP contribution in [0.2, 0.25) is 0 Å². The lowest BCUT2D eigenvalue weighted by molar-refractivity contribution is -0.138. The SMILES string of the molecule is COC(=O)NC1CCC(C(=O)N2CCC[C@H]2c2ncc(-c3ccc(-c4ccc5c(c4)OCCCCCCCCO[C@H]4C[C@@H](c6ncc-5[nH]6)N(C(=O)C5CCC(NC(=O)OC)CC5)C4)cc3)[nH]2)CC1. The van der Waals surface area contributed by atoms with Crippen LogP contribution in [0, 0.1) is 11.8 Å². The standard InChI is InChI=1S/C52H68N8O8/c1-65-51(63)55-38-20-15-35(16-21-38)49(61)59-25-9-10-44(59)47-53-30-42(57-47)34-13-11-33(12-14-34)37-19-24-41-43-31-54-48(58-43)45-29-40(67-26-7-5-3-4-6-8-27-68-46(41)28-37)32-60(45)50(62)36-17-22-39(23-18-36)56-52(64)66-2/h11-14,19,24,28,30-31,35-36,38-40,44-45H,3-10,15-18,20-23,25-27,29,32H2,1-2H3,(H,53,57)(H,54,58)(H,55,63)(H,56,64)/t35?,36?,38?,39?,40-,44-,45-/m0/s1. The number of fused-ring (bicyclic) bond motifs is 7. The van der Waals surface area contributed by atoms with Crippen LogP contribution in [0.25, 0.3) is 33.6 Å². The van der Waals surface area contributed by atoms with E-state index < -0.39 is 12.2 Å². The Hall–Kier alpha value is -5.90. The highest BCUT2D eigenvalue weighted by molar-refractivity contribution is 5.81. The number of aromatic amines is 2. The maximum Gasteiger partial charge on any atom is 0.407 e. The second-order valence-corrected chi connectivity index (χ2v) is 19.4. The average Bonchev–Trinajstić information content (AvgIpc) is 4.22. The van der Waals surface area contributed by atoms with Gasteiger partial charge in [0.2, 0.25) is 11.8 Å². The Kier molecular flexibility index (Phi) is 15.3. The Morgan fingerprint density at radius 3 is 1.84 bits per heavy atom. The van der Waals surface area contributed by atoms with Gasteiger partial charge in [0, 0.05) is 55.6 Å². The lowest BCUT2D eigenvalue weighted by atomic mass is 9.85. The Morgan fingerprint density at radius 1 is 0.618 bits per heavy atom. The van der Waals surface area contributed by atoms with E-state index in [1.54, 1.807) is 0 Å². The van der Waals surface area contributed by atoms with Gasteiger partial charge in [0.1, 0.15) is 17.4 Å². The first-order valence-corrected chi connectivity index (χ1v) is 25.1. The lowest BCUT2D eigenvalue weighted by Gasteiger charge is -2.32. The number of H-pyrrole nitrogens is 2. The second kappa shape index (κ2) is 22.0. The Morgan fingerprint density at radius 2 is 1.18 bits per heavy atom. The summed E-state index contributed by atoms with van der Waals surface area (Å²) in [6.07, 6.45) is 17.6. The van der Waals surface area contributed by atoms with Gasteiger partial charge in [-0.1, -0.05) is 56.0 Å². The van der Waals surface area contributed by atoms with E-state index in [4.69, 9.17) is 28.9 Å². The molecule has 3 atom stereocenters. The third-order valence-electron chi connectivity index (χ3n) is 15.0. The fourth-order valence-corrected chi connectivity index (χ4v) is 11.2. The molecule has 5 heterocycles. The lowest BCUT2D eigenvalue weighted by Crippen LogP contribution is -2.42. The molecule has 16 nitrogen and oxygen atoms in total. The van der Waals surface area contributed by atoms with Gasteiger partial charge < -0.3 is 49.3 Å². The normalized spacial score (nSPS) is 25.8. The van der Waals surface area contributed by atoms with Crippen LogP contribution in [-0.2, 0) is 23.8 Å². The Bertz CT molecular complexity index is 2350. The van der Waals surface area contributed by atoms with Gasteiger partial charge in [-0.15, -0.1) is 0 Å². The zero-order valence-electron chi connectivity index (χ0n) is 39.6. The highest BCUT2D eigenvalue weighted by Gasteiger charge is 2.42. The summed E-state index contributed by atoms with van der Waals surface area (Å²) in [4.78, 5) is 72.5. The number of carbonyl (C=O) groups is 4. The molecule has 4 amide bonds. The third kappa shape index (κ3) is 11.0. The molecule has 4 N–H and O–H groups in total. The van der Waals surface area contributed by atoms with Gasteiger partial charge in [-0.3, -0.25) is 9.59 Å². The Labute approximate surface area is 399 Å². The number of alkyl carbamates (subject to hydrolysis) is 2. The van der Waals surface area contributed by atoms with Gasteiger partial charge in [-0.2, -0.15) is 0 Å². The van der Waals surface area contributed by atoms with Crippen LogP contribution in [0.15, 0.2) is 54.9 Å². The molecule has 4 aromatic rings. The molecule has 2 aromatic carbocycles. The van der Waals surface area contributed by atoms with E-state index in [2.05, 4.69) is 63.1 Å². The number of methoxy groups -OCH3 is 2. The minimum Gasteiger partial charge on any atom is -0.493 e. The molecular weight excluding hydrogens is 865 g/mol. The molecule has 2 saturated carbocycles. The van der Waals surface area contributed by atoms with Gasteiger partial charge in [-0.05, 0) is 106 Å². The summed E-state index contributed by atoms with van der Waals surface area (Å²) >= 11 is 0. The number of likely N-dealkylation sites (tertiary alicyclic amines) is 2. The third-order valence-corrected chi connectivity index (χ3v) is 15.0. The number of aromatic nitrogens is 4. The van der Waals surface area contributed by atoms with Crippen LogP contribution >= 0.6 is 0 Å². The average molecular weight is 933 g/mol. The minimum absolute atomic E-state index is 0.00964. The van der Waals surface area contributed by atoms with Crippen molar-refractivity contribution in [3.63, 3.8) is 0 Å². The fraction of sp³-hybridized carbons (Fsp3) is 0.577. The van der Waals surface area contributed by atoms with Crippen molar-refractivity contribution in [2.45, 2.75) is 139 Å². The molecule has 68 heavy (non-hydrogen) atoms. The van der Waals surface area contributed by atoms with E-state index >= 15 is 0 Å². The van der Waals surface area contributed by atoms with Crippen LogP contribution in [0.5, 0.6) is 5.75 Å². The number of benzene rings is 2. The van der Waals surface area contributed by atoms with Crippen LogP contribution < -0.4 is 15.4 Å². The number of rotatable bonds is 7. The number of hydrogen-bond donors (Lipinski definition) is 4. The summed E-state index contributed by atoms with van der Waals surface area (Å²) in [5.74, 6) is 2.47. The predicted octanol–water partition coefficient (Wildman–Crippen LogP) is 9.02. The molecule has 4 fully saturated rings. The first kappa shape index (κ1) is 47.2. The first-order valence-electron chi connectivity index (χ1n) is 25.1. The summed E-state index contributed by atoms with van der Waals surface area (Å²) in [6.45, 7) is 2.54. The number of amides is 4. The van der Waals surface area contributed by atoms with Crippen molar-refractivity contribution >= 4 is 24.0 Å². The highest BCUT2D eigenvalue weighted by atomic mass is 16.5. The van der Waals surface area contributed by atoms with Crippen molar-refractivity contribution in [3.8, 4) is 39.4 Å². The minimum atomic E-state index is -0.431. The second-order valence-electron chi connectivity index (χ2n) is 19.4. The van der Waals surface area contributed by atoms with E-state index in [9.17, 15) is 19.2 Å². The molecule has 0 unspecified atom stereocenters. The van der Waals surface area contributed by atoms with E-state index in [-0.39, 0.29) is 53.9 Å². The Balaban J connectivity index is 0.890. The number of nitrogens with one attached hydrogen (secondary N) is 4. The zero-order valence-corrected chi connectivity index (χ0v) is 39.6. The van der Waals surface area contributed by atoms with Crippen LogP contribution in [0.4, 0.5) is 9.59 Å². The van der Waals surface area contributed by atoms with Crippen molar-refractivity contribution in [1.82, 2.24) is 40.4 Å². The van der Waals surface area contributed by atoms with Gasteiger partial charge in [0.25, 0.3) is 0 Å². The summed E-state index contributed by atoms with van der Waals surface area (Å²) in [5.41, 5.74) is 5.74. The predicted molar refractivity (Wildman–Crippen MR) is 255 cm³/mol. The first-order chi connectivity index (χ1) is 33.2. The van der Waals surface area contributed by atoms with Crippen molar-refractivity contribution in [2.75, 3.05) is 40.5 Å². The smallest absolute Gasteiger partial charge is 0.407 e. The number of ether oxygens (including phenoxy) is 4. The summed E-state index contributed by atoms with van der Waals surface area (Å²) < 4.78 is 22.6. The van der Waals surface area contributed by atoms with Crippen molar-refractivity contribution in [2.24, 2.45) is 11.8 Å². The summed E-state index contributed by atoms with van der Waals surface area (Å²) in [5, 5.41) is 5.79. The molecule has 5 aliphatic rings. The fourth-order valence-electron chi connectivity index (χ4n) is 11.2. The monoisotopic (exact) mass is 933 g/mol. The van der Waals surface area contributed by atoms with Gasteiger partial charge in [-0.25, -0.2) is 19.6 Å². The molecule has 9 rings (SSSR count). The summed E-state index contributed by atoms with van der Waals surface area (Å²) in [7, 11) is 2.74. The van der Waals surface area contributed by atoms with E-state index in [0.29, 0.717) is 39.0 Å². The van der Waals surface area contributed by atoms with Gasteiger partial charge in [0.05, 0.1) is 62.8 Å². The molecule has 0 radical (unpaired) electrons. The largest absolute Gasteiger partial charge is 0.493 e. The topological polar surface area (TPSA) is 193 Å². The zero-order chi connectivity index (χ0) is 47.0. The number of imidazole rings is 2. The number of hydrogen-bond acceptors (Lipinski definition) is 10. The van der Waals surface area contributed by atoms with E-state index in [1.807, 2.05) is 22.2 Å². The molecular formula is C52H68N8O8. The van der Waals surface area contributed by atoms with Crippen molar-refractivity contribution in [1.29, 1.82) is 0 Å². The highest BCUT2D eigenvalue weighted by Crippen LogP contribution is 2.40. The maximum absolute atomic E-state index is 14.3. The molecule has 2 aliphatic carbocycles. The van der Waals surface area contributed by atoms with Crippen LogP contribution in [0.1, 0.15) is 133 Å². The van der Waals surface area contributed by atoms with Crippen molar-refractivity contribution < 1.29 is 38.1 Å². The van der Waals surface area contributed by atoms with Crippen LogP contribution in [-0.4, -0.2) is 112 Å². The quantitative estimate of drug-likeness (QED) is 0.139. The summed E-state index contributed by atoms with van der Waals surface area (Å²) in [6, 6.07) is 14.5. The molecule has 2 saturated heterocycles. The molecule has 0 spiro atoms. The van der Waals surface area contributed by atoms with Gasteiger partial charge >= 0.3 is 12.2 Å². The molecule has 2 aromatic heterocycles. The van der Waals surface area contributed by atoms with E-state index in [1.165, 1.54) is 14.2 Å². The van der Waals surface area contributed by atoms with Gasteiger partial charge in [0.15, 0.2) is 0 Å². The van der Waals surface area contributed by atoms with Crippen LogP contribution in [0.3, 0.4) is 0 Å². The van der Waals surface area contributed by atoms with Crippen molar-refractivity contribution in [3.05, 3.63) is 66.5 Å². The molecule has 16 heteroatoms. The number of nitrogens with zero attached hydrogens (tertiary/aromatic N) is 4. The number of carbonyl (C=O) groups excluding carboxylic acids is 4. The molecule has 3 aliphatic heterocycles. The van der Waals surface area contributed by atoms with E-state index in [0.717, 1.165) is 147 Å².